The number of nitrogens with zero attached hydrogens (tertiary/aromatic N) is 2. The van der Waals surface area contributed by atoms with Gasteiger partial charge in [-0.25, -0.2) is 4.79 Å². The van der Waals surface area contributed by atoms with Crippen molar-refractivity contribution in [3.05, 3.63) is 88.3 Å². The van der Waals surface area contributed by atoms with Gasteiger partial charge in [0.05, 0.1) is 24.9 Å². The molecule has 3 aromatic carbocycles. The Morgan fingerprint density at radius 2 is 1.76 bits per heavy atom. The molecule has 7 nitrogen and oxygen atoms in total. The van der Waals surface area contributed by atoms with E-state index >= 15 is 0 Å². The molecule has 1 N–H and O–H groups in total. The van der Waals surface area contributed by atoms with Crippen LogP contribution in [0, 0.1) is 0 Å². The Kier molecular flexibility index (Phi) is 6.90. The fraction of sp³-hybridized carbons (Fsp3) is 0.160. The summed E-state index contributed by atoms with van der Waals surface area (Å²) >= 11 is 6.22. The van der Waals surface area contributed by atoms with E-state index < -0.39 is 5.69 Å². The minimum atomic E-state index is -0.510. The molecule has 0 spiro atoms. The van der Waals surface area contributed by atoms with Crippen molar-refractivity contribution in [2.45, 2.75) is 6.54 Å². The number of hydrogen-bond acceptors (Lipinski definition) is 5. The predicted octanol–water partition coefficient (Wildman–Crippen LogP) is 3.92. The van der Waals surface area contributed by atoms with Crippen LogP contribution in [0.3, 0.4) is 0 Å². The molecule has 4 aromatic rings. The maximum Gasteiger partial charge on any atom is 0.349 e. The van der Waals surface area contributed by atoms with Crippen LogP contribution in [0.15, 0.2) is 77.6 Å². The van der Waals surface area contributed by atoms with E-state index in [9.17, 15) is 9.59 Å². The number of halogens is 1. The first-order chi connectivity index (χ1) is 16.1. The standard InChI is InChI=1S/C25H22ClN3O4/c1-32-21-9-5-6-10-22(21)33-14-13-27-23(30)16-29-20-12-11-18(26)15-19(20)24(28-25(29)31)17-7-3-2-4-8-17/h2-12,15H,13-14,16H2,1H3,(H,27,30). The van der Waals surface area contributed by atoms with Crippen molar-refractivity contribution < 1.29 is 14.3 Å². The lowest BCUT2D eigenvalue weighted by atomic mass is 10.1. The molecule has 0 aliphatic rings. The van der Waals surface area contributed by atoms with Crippen LogP contribution in [0.2, 0.25) is 5.02 Å². The third-order valence-corrected chi connectivity index (χ3v) is 5.28. The second-order valence-corrected chi connectivity index (χ2v) is 7.64. The summed E-state index contributed by atoms with van der Waals surface area (Å²) in [5.74, 6) is 0.880. The van der Waals surface area contributed by atoms with Crippen molar-refractivity contribution in [2.75, 3.05) is 20.3 Å². The average Bonchev–Trinajstić information content (AvgIpc) is 2.84. The number of ether oxygens (including phenoxy) is 2. The fourth-order valence-electron chi connectivity index (χ4n) is 3.51. The third-order valence-electron chi connectivity index (χ3n) is 5.04. The quantitative estimate of drug-likeness (QED) is 0.400. The Bertz CT molecular complexity index is 1340. The van der Waals surface area contributed by atoms with Gasteiger partial charge in [-0.2, -0.15) is 4.98 Å². The number of hydrogen-bond donors (Lipinski definition) is 1. The zero-order chi connectivity index (χ0) is 23.2. The summed E-state index contributed by atoms with van der Waals surface area (Å²) in [5.41, 5.74) is 1.40. The highest BCUT2D eigenvalue weighted by molar-refractivity contribution is 6.31. The Balaban J connectivity index is 1.50. The molecule has 33 heavy (non-hydrogen) atoms. The van der Waals surface area contributed by atoms with Crippen LogP contribution in [-0.4, -0.2) is 35.7 Å². The normalized spacial score (nSPS) is 10.7. The molecule has 0 unspecified atom stereocenters. The first-order valence-corrected chi connectivity index (χ1v) is 10.7. The van der Waals surface area contributed by atoms with Crippen molar-refractivity contribution >= 4 is 28.4 Å². The summed E-state index contributed by atoms with van der Waals surface area (Å²) in [5, 5.41) is 3.98. The number of para-hydroxylation sites is 2. The average molecular weight is 464 g/mol. The smallest absolute Gasteiger partial charge is 0.349 e. The molecule has 168 valence electrons. The monoisotopic (exact) mass is 463 g/mol. The first-order valence-electron chi connectivity index (χ1n) is 10.3. The lowest BCUT2D eigenvalue weighted by Crippen LogP contribution is -2.35. The van der Waals surface area contributed by atoms with E-state index in [1.54, 1.807) is 37.4 Å². The highest BCUT2D eigenvalue weighted by Crippen LogP contribution is 2.28. The molecule has 0 radical (unpaired) electrons. The summed E-state index contributed by atoms with van der Waals surface area (Å²) in [6, 6.07) is 21.8. The maximum absolute atomic E-state index is 12.8. The number of carbonyl (C=O) groups is 1. The molecule has 0 aliphatic carbocycles. The molecule has 0 saturated carbocycles. The zero-order valence-electron chi connectivity index (χ0n) is 18.0. The van der Waals surface area contributed by atoms with Crippen molar-refractivity contribution in [3.8, 4) is 22.8 Å². The fourth-order valence-corrected chi connectivity index (χ4v) is 3.68. The minimum absolute atomic E-state index is 0.173. The molecule has 0 saturated heterocycles. The molecule has 1 amide bonds. The highest BCUT2D eigenvalue weighted by atomic mass is 35.5. The van der Waals surface area contributed by atoms with E-state index in [-0.39, 0.29) is 25.6 Å². The van der Waals surface area contributed by atoms with Gasteiger partial charge in [0.25, 0.3) is 0 Å². The van der Waals surface area contributed by atoms with E-state index in [2.05, 4.69) is 10.3 Å². The van der Waals surface area contributed by atoms with Crippen LogP contribution in [-0.2, 0) is 11.3 Å². The van der Waals surface area contributed by atoms with Crippen LogP contribution < -0.4 is 20.5 Å². The molecule has 0 aliphatic heterocycles. The van der Waals surface area contributed by atoms with Gasteiger partial charge in [-0.05, 0) is 30.3 Å². The van der Waals surface area contributed by atoms with Gasteiger partial charge in [-0.3, -0.25) is 9.36 Å². The van der Waals surface area contributed by atoms with E-state index in [1.807, 2.05) is 42.5 Å². The number of amides is 1. The Morgan fingerprint density at radius 1 is 1.03 bits per heavy atom. The number of methoxy groups -OCH3 is 1. The van der Waals surface area contributed by atoms with E-state index in [0.717, 1.165) is 5.56 Å². The van der Waals surface area contributed by atoms with E-state index in [1.165, 1.54) is 4.57 Å². The van der Waals surface area contributed by atoms with Crippen LogP contribution >= 0.6 is 11.6 Å². The second kappa shape index (κ2) is 10.2. The summed E-state index contributed by atoms with van der Waals surface area (Å²) in [7, 11) is 1.57. The van der Waals surface area contributed by atoms with E-state index in [4.69, 9.17) is 21.1 Å². The molecular formula is C25H22ClN3O4. The van der Waals surface area contributed by atoms with Crippen molar-refractivity contribution in [2.24, 2.45) is 0 Å². The van der Waals surface area contributed by atoms with Gasteiger partial charge in [0.1, 0.15) is 13.2 Å². The lowest BCUT2D eigenvalue weighted by Gasteiger charge is -2.14. The molecule has 8 heteroatoms. The zero-order valence-corrected chi connectivity index (χ0v) is 18.7. The van der Waals surface area contributed by atoms with Crippen LogP contribution in [0.4, 0.5) is 0 Å². The topological polar surface area (TPSA) is 82.5 Å². The first kappa shape index (κ1) is 22.4. The van der Waals surface area contributed by atoms with Gasteiger partial charge >= 0.3 is 5.69 Å². The third kappa shape index (κ3) is 5.15. The van der Waals surface area contributed by atoms with Crippen molar-refractivity contribution in [1.82, 2.24) is 14.9 Å². The van der Waals surface area contributed by atoms with Gasteiger partial charge in [0.2, 0.25) is 5.91 Å². The number of carbonyl (C=O) groups excluding carboxylic acids is 1. The number of fused-ring (bicyclic) bond motifs is 1. The summed E-state index contributed by atoms with van der Waals surface area (Å²) < 4.78 is 12.2. The number of benzene rings is 3. The molecule has 0 atom stereocenters. The largest absolute Gasteiger partial charge is 0.493 e. The van der Waals surface area contributed by atoms with Crippen LogP contribution in [0.25, 0.3) is 22.2 Å². The highest BCUT2D eigenvalue weighted by Gasteiger charge is 2.15. The molecule has 0 fully saturated rings. The number of rotatable bonds is 8. The Morgan fingerprint density at radius 3 is 2.52 bits per heavy atom. The summed E-state index contributed by atoms with van der Waals surface area (Å²) in [6.07, 6.45) is 0. The van der Waals surface area contributed by atoms with Crippen LogP contribution in [0.5, 0.6) is 11.5 Å². The maximum atomic E-state index is 12.8. The second-order valence-electron chi connectivity index (χ2n) is 7.21. The Labute approximate surface area is 195 Å². The summed E-state index contributed by atoms with van der Waals surface area (Å²) in [6.45, 7) is 0.348. The van der Waals surface area contributed by atoms with Crippen molar-refractivity contribution in [3.63, 3.8) is 0 Å². The van der Waals surface area contributed by atoms with Gasteiger partial charge in [-0.1, -0.05) is 54.1 Å². The van der Waals surface area contributed by atoms with Gasteiger partial charge in [0, 0.05) is 16.0 Å². The molecule has 1 aromatic heterocycles. The van der Waals surface area contributed by atoms with Gasteiger partial charge < -0.3 is 14.8 Å². The molecule has 1 heterocycles. The van der Waals surface area contributed by atoms with Gasteiger partial charge in [-0.15, -0.1) is 0 Å². The number of aromatic nitrogens is 2. The lowest BCUT2D eigenvalue weighted by molar-refractivity contribution is -0.121. The van der Waals surface area contributed by atoms with Gasteiger partial charge in [0.15, 0.2) is 11.5 Å². The van der Waals surface area contributed by atoms with Crippen LogP contribution in [0.1, 0.15) is 0 Å². The SMILES string of the molecule is COc1ccccc1OCCNC(=O)Cn1c(=O)nc(-c2ccccc2)c2cc(Cl)ccc21. The number of nitrogens with one attached hydrogen (secondary N) is 1. The molecular weight excluding hydrogens is 442 g/mol. The molecule has 4 rings (SSSR count). The van der Waals surface area contributed by atoms with E-state index in [0.29, 0.717) is 33.1 Å². The molecule has 0 bridgehead atoms. The Hall–Kier alpha value is -3.84. The minimum Gasteiger partial charge on any atom is -0.493 e. The predicted molar refractivity (Wildman–Crippen MR) is 128 cm³/mol. The van der Waals surface area contributed by atoms with Crippen molar-refractivity contribution in [1.29, 1.82) is 0 Å². The summed E-state index contributed by atoms with van der Waals surface area (Å²) in [4.78, 5) is 29.6.